The van der Waals surface area contributed by atoms with Gasteiger partial charge in [0, 0.05) is 31.3 Å². The van der Waals surface area contributed by atoms with E-state index in [4.69, 9.17) is 0 Å². The molecule has 0 unspecified atom stereocenters. The van der Waals surface area contributed by atoms with Gasteiger partial charge in [-0.1, -0.05) is 37.5 Å². The van der Waals surface area contributed by atoms with E-state index in [1.807, 2.05) is 0 Å². The molecule has 7 heteroatoms. The number of hydrogen-bond acceptors (Lipinski definition) is 3. The highest BCUT2D eigenvalue weighted by Crippen LogP contribution is 2.18. The first-order valence-electron chi connectivity index (χ1n) is 7.40. The highest BCUT2D eigenvalue weighted by atomic mass is 127. The molecule has 0 heterocycles. The molecule has 1 saturated carbocycles. The minimum Gasteiger partial charge on any atom is -0.354 e. The van der Waals surface area contributed by atoms with Crippen LogP contribution in [0.25, 0.3) is 0 Å². The molecule has 122 valence electrons. The second-order valence-corrected chi connectivity index (χ2v) is 5.29. The molecular formula is C15H23IN4O2. The van der Waals surface area contributed by atoms with Crippen LogP contribution in [0, 0.1) is 10.1 Å². The second kappa shape index (κ2) is 9.60. The number of aliphatic imine (C=N–C) groups is 1. The third-order valence-electron chi connectivity index (χ3n) is 3.80. The van der Waals surface area contributed by atoms with E-state index in [9.17, 15) is 10.1 Å². The fourth-order valence-corrected chi connectivity index (χ4v) is 2.65. The van der Waals surface area contributed by atoms with E-state index in [1.165, 1.54) is 25.3 Å². The van der Waals surface area contributed by atoms with Crippen LogP contribution in [0.15, 0.2) is 29.3 Å². The third kappa shape index (κ3) is 5.43. The van der Waals surface area contributed by atoms with Gasteiger partial charge >= 0.3 is 0 Å². The number of hydrogen-bond donors (Lipinski definition) is 2. The van der Waals surface area contributed by atoms with Crippen molar-refractivity contribution in [2.24, 2.45) is 4.99 Å². The second-order valence-electron chi connectivity index (χ2n) is 5.29. The van der Waals surface area contributed by atoms with Crippen LogP contribution in [0.5, 0.6) is 0 Å². The number of benzene rings is 1. The van der Waals surface area contributed by atoms with E-state index >= 15 is 0 Å². The summed E-state index contributed by atoms with van der Waals surface area (Å²) in [6.07, 6.45) is 6.12. The highest BCUT2D eigenvalue weighted by molar-refractivity contribution is 14.0. The lowest BCUT2D eigenvalue weighted by Gasteiger charge is -2.24. The first kappa shape index (κ1) is 18.7. The predicted molar refractivity (Wildman–Crippen MR) is 98.7 cm³/mol. The van der Waals surface area contributed by atoms with Gasteiger partial charge in [0.1, 0.15) is 0 Å². The van der Waals surface area contributed by atoms with Gasteiger partial charge in [-0.15, -0.1) is 24.0 Å². The average Bonchev–Trinajstić information content (AvgIpc) is 2.52. The van der Waals surface area contributed by atoms with Gasteiger partial charge in [-0.3, -0.25) is 15.1 Å². The molecule has 22 heavy (non-hydrogen) atoms. The zero-order valence-electron chi connectivity index (χ0n) is 12.7. The number of rotatable bonds is 4. The molecule has 1 aromatic rings. The van der Waals surface area contributed by atoms with Gasteiger partial charge in [0.15, 0.2) is 5.96 Å². The first-order chi connectivity index (χ1) is 10.2. The normalized spacial score (nSPS) is 15.8. The van der Waals surface area contributed by atoms with E-state index in [2.05, 4.69) is 15.6 Å². The van der Waals surface area contributed by atoms with Crippen molar-refractivity contribution in [1.29, 1.82) is 0 Å². The number of nitrogens with one attached hydrogen (secondary N) is 2. The molecule has 2 N–H and O–H groups in total. The molecule has 0 bridgehead atoms. The Bertz CT molecular complexity index is 516. The lowest BCUT2D eigenvalue weighted by Crippen LogP contribution is -2.43. The van der Waals surface area contributed by atoms with Crippen molar-refractivity contribution in [1.82, 2.24) is 10.6 Å². The third-order valence-corrected chi connectivity index (χ3v) is 3.80. The van der Waals surface area contributed by atoms with Gasteiger partial charge in [0.05, 0.1) is 4.92 Å². The average molecular weight is 418 g/mol. The van der Waals surface area contributed by atoms with E-state index in [-0.39, 0.29) is 34.6 Å². The molecular weight excluding hydrogens is 395 g/mol. The maximum Gasteiger partial charge on any atom is 0.274 e. The molecule has 1 aliphatic rings. The van der Waals surface area contributed by atoms with Crippen molar-refractivity contribution in [3.8, 4) is 0 Å². The summed E-state index contributed by atoms with van der Waals surface area (Å²) >= 11 is 0. The maximum absolute atomic E-state index is 11.0. The van der Waals surface area contributed by atoms with Crippen LogP contribution >= 0.6 is 24.0 Å². The molecule has 0 spiro atoms. The van der Waals surface area contributed by atoms with Crippen LogP contribution in [0.3, 0.4) is 0 Å². The molecule has 1 aliphatic carbocycles. The Morgan fingerprint density at radius 2 is 2.00 bits per heavy atom. The number of para-hydroxylation sites is 1. The van der Waals surface area contributed by atoms with Crippen LogP contribution < -0.4 is 10.6 Å². The zero-order chi connectivity index (χ0) is 15.1. The minimum atomic E-state index is -0.353. The Morgan fingerprint density at radius 1 is 1.32 bits per heavy atom. The molecule has 0 radical (unpaired) electrons. The maximum atomic E-state index is 11.0. The number of nitro groups is 1. The summed E-state index contributed by atoms with van der Waals surface area (Å²) < 4.78 is 0. The van der Waals surface area contributed by atoms with Gasteiger partial charge in [-0.05, 0) is 12.8 Å². The predicted octanol–water partition coefficient (Wildman–Crippen LogP) is 3.21. The topological polar surface area (TPSA) is 79.6 Å². The van der Waals surface area contributed by atoms with Gasteiger partial charge in [0.25, 0.3) is 5.69 Å². The zero-order valence-corrected chi connectivity index (χ0v) is 15.1. The van der Waals surface area contributed by atoms with Gasteiger partial charge in [-0.2, -0.15) is 0 Å². The lowest BCUT2D eigenvalue weighted by molar-refractivity contribution is -0.385. The molecule has 6 nitrogen and oxygen atoms in total. The SMILES string of the molecule is CN=C(NCc1ccccc1[N+](=O)[O-])NC1CCCCC1.I. The van der Waals surface area contributed by atoms with Gasteiger partial charge < -0.3 is 10.6 Å². The Morgan fingerprint density at radius 3 is 2.64 bits per heavy atom. The van der Waals surface area contributed by atoms with Crippen LogP contribution in [0.2, 0.25) is 0 Å². The van der Waals surface area contributed by atoms with Crippen LogP contribution in [-0.4, -0.2) is 24.0 Å². The minimum absolute atomic E-state index is 0. The van der Waals surface area contributed by atoms with Crippen LogP contribution in [0.1, 0.15) is 37.7 Å². The lowest BCUT2D eigenvalue weighted by atomic mass is 9.96. The largest absolute Gasteiger partial charge is 0.354 e. The van der Waals surface area contributed by atoms with Crippen molar-refractivity contribution in [2.45, 2.75) is 44.7 Å². The monoisotopic (exact) mass is 418 g/mol. The van der Waals surface area contributed by atoms with Gasteiger partial charge in [-0.25, -0.2) is 0 Å². The summed E-state index contributed by atoms with van der Waals surface area (Å²) in [6, 6.07) is 7.22. The van der Waals surface area contributed by atoms with E-state index < -0.39 is 0 Å². The number of halogens is 1. The molecule has 1 fully saturated rings. The van der Waals surface area contributed by atoms with E-state index in [1.54, 1.807) is 25.2 Å². The molecule has 0 aromatic heterocycles. The quantitative estimate of drug-likeness (QED) is 0.259. The molecule has 0 amide bonds. The summed E-state index contributed by atoms with van der Waals surface area (Å²) in [5.41, 5.74) is 0.798. The summed E-state index contributed by atoms with van der Waals surface area (Å²) in [7, 11) is 1.72. The Kier molecular flexibility index (Phi) is 8.15. The fourth-order valence-electron chi connectivity index (χ4n) is 2.65. The van der Waals surface area contributed by atoms with Crippen molar-refractivity contribution in [3.63, 3.8) is 0 Å². The molecule has 0 saturated heterocycles. The fraction of sp³-hybridized carbons (Fsp3) is 0.533. The number of nitro benzene ring substituents is 1. The standard InChI is InChI=1S/C15H22N4O2.HI/c1-16-15(18-13-8-3-2-4-9-13)17-11-12-7-5-6-10-14(12)19(20)21;/h5-7,10,13H,2-4,8-9,11H2,1H3,(H2,16,17,18);1H. The summed E-state index contributed by atoms with van der Waals surface area (Å²) in [6.45, 7) is 0.392. The smallest absolute Gasteiger partial charge is 0.274 e. The molecule has 2 rings (SSSR count). The summed E-state index contributed by atoms with van der Waals surface area (Å²) in [4.78, 5) is 14.8. The van der Waals surface area contributed by atoms with E-state index in [0.29, 0.717) is 24.1 Å². The summed E-state index contributed by atoms with van der Waals surface area (Å²) in [5.74, 6) is 0.708. The highest BCUT2D eigenvalue weighted by Gasteiger charge is 2.16. The molecule has 0 aliphatic heterocycles. The van der Waals surface area contributed by atoms with Crippen molar-refractivity contribution in [2.75, 3.05) is 7.05 Å². The Labute approximate surface area is 148 Å². The molecule has 0 atom stereocenters. The summed E-state index contributed by atoms with van der Waals surface area (Å²) in [5, 5.41) is 17.5. The van der Waals surface area contributed by atoms with Crippen LogP contribution in [0.4, 0.5) is 5.69 Å². The van der Waals surface area contributed by atoms with Crippen LogP contribution in [-0.2, 0) is 6.54 Å². The van der Waals surface area contributed by atoms with Crippen molar-refractivity contribution in [3.05, 3.63) is 39.9 Å². The number of guanidine groups is 1. The number of nitrogens with zero attached hydrogens (tertiary/aromatic N) is 2. The Balaban J connectivity index is 0.00000242. The Hall–Kier alpha value is -1.38. The molecule has 1 aromatic carbocycles. The van der Waals surface area contributed by atoms with Crippen molar-refractivity contribution < 1.29 is 4.92 Å². The van der Waals surface area contributed by atoms with Gasteiger partial charge in [0.2, 0.25) is 0 Å². The van der Waals surface area contributed by atoms with E-state index in [0.717, 1.165) is 12.8 Å². The first-order valence-corrected chi connectivity index (χ1v) is 7.40. The van der Waals surface area contributed by atoms with Crippen molar-refractivity contribution >= 4 is 35.6 Å².